The number of carbonyl (C=O) groups is 1. The Bertz CT molecular complexity index is 729. The van der Waals surface area contributed by atoms with Crippen LogP contribution >= 0.6 is 0 Å². The summed E-state index contributed by atoms with van der Waals surface area (Å²) in [5.41, 5.74) is -0.862. The molecule has 7 heteroatoms. The zero-order valence-corrected chi connectivity index (χ0v) is 12.5. The van der Waals surface area contributed by atoms with E-state index in [1.807, 2.05) is 0 Å². The molecule has 0 radical (unpaired) electrons. The highest BCUT2D eigenvalue weighted by Crippen LogP contribution is 2.36. The monoisotopic (exact) mass is 337 g/mol. The summed E-state index contributed by atoms with van der Waals surface area (Å²) in [6, 6.07) is 12.7. The minimum Gasteiger partial charge on any atom is -0.294 e. The van der Waals surface area contributed by atoms with Crippen LogP contribution in [0.5, 0.6) is 0 Å². The van der Waals surface area contributed by atoms with Crippen LogP contribution in [-0.4, -0.2) is 17.3 Å². The Hall–Kier alpha value is -2.70. The summed E-state index contributed by atoms with van der Waals surface area (Å²) < 4.78 is 39.5. The van der Waals surface area contributed by atoms with Crippen molar-refractivity contribution in [2.75, 3.05) is 6.54 Å². The highest BCUT2D eigenvalue weighted by molar-refractivity contribution is 5.96. The van der Waals surface area contributed by atoms with Crippen LogP contribution in [0.3, 0.4) is 0 Å². The Morgan fingerprint density at radius 1 is 1.04 bits per heavy atom. The SMILES string of the molecule is O=C(C[C@H](C[N+](=O)[O-])c1ccccc1C(F)(F)F)c1ccccc1. The fourth-order valence-corrected chi connectivity index (χ4v) is 2.53. The molecule has 0 fully saturated rings. The molecule has 4 nitrogen and oxygen atoms in total. The average Bonchev–Trinajstić information content (AvgIpc) is 2.54. The summed E-state index contributed by atoms with van der Waals surface area (Å²) in [6.07, 6.45) is -5.00. The van der Waals surface area contributed by atoms with Crippen molar-refractivity contribution in [3.63, 3.8) is 0 Å². The van der Waals surface area contributed by atoms with Crippen LogP contribution < -0.4 is 0 Å². The lowest BCUT2D eigenvalue weighted by Crippen LogP contribution is -2.20. The number of ketones is 1. The highest BCUT2D eigenvalue weighted by Gasteiger charge is 2.36. The van der Waals surface area contributed by atoms with Crippen molar-refractivity contribution in [1.82, 2.24) is 0 Å². The Morgan fingerprint density at radius 2 is 1.62 bits per heavy atom. The minimum atomic E-state index is -4.64. The van der Waals surface area contributed by atoms with Gasteiger partial charge in [0.2, 0.25) is 6.54 Å². The van der Waals surface area contributed by atoms with Gasteiger partial charge in [-0.3, -0.25) is 14.9 Å². The molecule has 0 aliphatic rings. The lowest BCUT2D eigenvalue weighted by atomic mass is 9.88. The van der Waals surface area contributed by atoms with Crippen molar-refractivity contribution in [2.45, 2.75) is 18.5 Å². The van der Waals surface area contributed by atoms with Gasteiger partial charge in [-0.15, -0.1) is 0 Å². The Morgan fingerprint density at radius 3 is 2.21 bits per heavy atom. The lowest BCUT2D eigenvalue weighted by molar-refractivity contribution is -0.483. The van der Waals surface area contributed by atoms with E-state index in [0.29, 0.717) is 5.56 Å². The van der Waals surface area contributed by atoms with Gasteiger partial charge in [0, 0.05) is 16.9 Å². The lowest BCUT2D eigenvalue weighted by Gasteiger charge is -2.18. The van der Waals surface area contributed by atoms with Crippen LogP contribution in [0.15, 0.2) is 54.6 Å². The molecule has 0 bridgehead atoms. The van der Waals surface area contributed by atoms with E-state index in [0.717, 1.165) is 6.07 Å². The first-order valence-corrected chi connectivity index (χ1v) is 7.15. The summed E-state index contributed by atoms with van der Waals surface area (Å²) in [7, 11) is 0. The molecule has 0 spiro atoms. The van der Waals surface area contributed by atoms with Crippen molar-refractivity contribution in [2.24, 2.45) is 0 Å². The number of alkyl halides is 3. The van der Waals surface area contributed by atoms with E-state index in [2.05, 4.69) is 0 Å². The third kappa shape index (κ3) is 4.41. The molecule has 2 aromatic carbocycles. The molecule has 0 unspecified atom stereocenters. The van der Waals surface area contributed by atoms with Crippen LogP contribution in [0.2, 0.25) is 0 Å². The van der Waals surface area contributed by atoms with Gasteiger partial charge in [0.05, 0.1) is 11.5 Å². The largest absolute Gasteiger partial charge is 0.416 e. The molecule has 0 aliphatic heterocycles. The molecule has 0 aliphatic carbocycles. The first-order chi connectivity index (χ1) is 11.3. The average molecular weight is 337 g/mol. The van der Waals surface area contributed by atoms with Gasteiger partial charge >= 0.3 is 6.18 Å². The highest BCUT2D eigenvalue weighted by atomic mass is 19.4. The van der Waals surface area contributed by atoms with Crippen LogP contribution in [0.4, 0.5) is 13.2 Å². The van der Waals surface area contributed by atoms with E-state index in [4.69, 9.17) is 0 Å². The second kappa shape index (κ2) is 7.25. The Labute approximate surface area is 136 Å². The molecule has 0 heterocycles. The van der Waals surface area contributed by atoms with Crippen molar-refractivity contribution in [3.8, 4) is 0 Å². The van der Waals surface area contributed by atoms with Gasteiger partial charge in [0.25, 0.3) is 0 Å². The van der Waals surface area contributed by atoms with Gasteiger partial charge in [0.1, 0.15) is 0 Å². The van der Waals surface area contributed by atoms with E-state index in [1.54, 1.807) is 18.2 Å². The maximum Gasteiger partial charge on any atom is 0.416 e. The van der Waals surface area contributed by atoms with Crippen LogP contribution in [-0.2, 0) is 6.18 Å². The van der Waals surface area contributed by atoms with Gasteiger partial charge in [-0.25, -0.2) is 0 Å². The van der Waals surface area contributed by atoms with Crippen LogP contribution in [0, 0.1) is 10.1 Å². The number of nitrogens with zero attached hydrogens (tertiary/aromatic N) is 1. The third-order valence-electron chi connectivity index (χ3n) is 3.60. The van der Waals surface area contributed by atoms with E-state index in [9.17, 15) is 28.1 Å². The zero-order chi connectivity index (χ0) is 17.7. The molecular weight excluding hydrogens is 323 g/mol. The number of nitro groups is 1. The molecule has 0 aromatic heterocycles. The van der Waals surface area contributed by atoms with Crippen molar-refractivity contribution < 1.29 is 22.9 Å². The van der Waals surface area contributed by atoms with Gasteiger partial charge in [-0.2, -0.15) is 13.2 Å². The molecule has 0 saturated heterocycles. The second-order valence-electron chi connectivity index (χ2n) is 5.29. The predicted molar refractivity (Wildman–Crippen MR) is 81.4 cm³/mol. The number of hydrogen-bond acceptors (Lipinski definition) is 3. The number of Topliss-reactive ketones (excluding diaryl/α,β-unsaturated/α-hetero) is 1. The molecule has 2 aromatic rings. The van der Waals surface area contributed by atoms with Gasteiger partial charge in [-0.05, 0) is 11.6 Å². The zero-order valence-electron chi connectivity index (χ0n) is 12.5. The molecular formula is C17H14F3NO3. The maximum atomic E-state index is 13.2. The minimum absolute atomic E-state index is 0.231. The fraction of sp³-hybridized carbons (Fsp3) is 0.235. The van der Waals surface area contributed by atoms with Gasteiger partial charge in [-0.1, -0.05) is 48.5 Å². The van der Waals surface area contributed by atoms with Crippen molar-refractivity contribution in [1.29, 1.82) is 0 Å². The quantitative estimate of drug-likeness (QED) is 0.447. The summed E-state index contributed by atoms with van der Waals surface area (Å²) in [6.45, 7) is -0.744. The van der Waals surface area contributed by atoms with Gasteiger partial charge < -0.3 is 0 Å². The standard InChI is InChI=1S/C17H14F3NO3/c18-17(19,20)15-9-5-4-8-14(15)13(11-21(23)24)10-16(22)12-6-2-1-3-7-12/h1-9,13H,10-11H2/t13-/m1/s1. The summed E-state index contributed by atoms with van der Waals surface area (Å²) in [4.78, 5) is 22.4. The number of hydrogen-bond donors (Lipinski definition) is 0. The van der Waals surface area contributed by atoms with Gasteiger partial charge in [0.15, 0.2) is 5.78 Å². The van der Waals surface area contributed by atoms with Crippen LogP contribution in [0.1, 0.15) is 33.8 Å². The van der Waals surface area contributed by atoms with E-state index in [-0.39, 0.29) is 12.0 Å². The molecule has 1 atom stereocenters. The summed E-state index contributed by atoms with van der Waals surface area (Å²) in [5, 5.41) is 10.9. The number of halogens is 3. The van der Waals surface area contributed by atoms with Crippen LogP contribution in [0.25, 0.3) is 0 Å². The first-order valence-electron chi connectivity index (χ1n) is 7.15. The first kappa shape index (κ1) is 17.7. The van der Waals surface area contributed by atoms with E-state index in [1.165, 1.54) is 30.3 Å². The third-order valence-corrected chi connectivity index (χ3v) is 3.60. The molecule has 0 N–H and O–H groups in total. The molecule has 0 amide bonds. The summed E-state index contributed by atoms with van der Waals surface area (Å²) in [5.74, 6) is -1.58. The number of carbonyl (C=O) groups excluding carboxylic acids is 1. The maximum absolute atomic E-state index is 13.2. The second-order valence-corrected chi connectivity index (χ2v) is 5.29. The Kier molecular flexibility index (Phi) is 5.33. The Balaban J connectivity index is 2.36. The van der Waals surface area contributed by atoms with Crippen molar-refractivity contribution in [3.05, 3.63) is 81.4 Å². The molecule has 126 valence electrons. The predicted octanol–water partition coefficient (Wildman–Crippen LogP) is 4.34. The molecule has 2 rings (SSSR count). The van der Waals surface area contributed by atoms with E-state index < -0.39 is 34.9 Å². The van der Waals surface area contributed by atoms with Crippen molar-refractivity contribution >= 4 is 5.78 Å². The van der Waals surface area contributed by atoms with E-state index >= 15 is 0 Å². The topological polar surface area (TPSA) is 60.2 Å². The smallest absolute Gasteiger partial charge is 0.294 e. The normalized spacial score (nSPS) is 12.6. The molecule has 24 heavy (non-hydrogen) atoms. The molecule has 0 saturated carbocycles. The summed E-state index contributed by atoms with van der Waals surface area (Å²) >= 11 is 0. The fourth-order valence-electron chi connectivity index (χ4n) is 2.53. The number of rotatable bonds is 6. The number of benzene rings is 2.